The monoisotopic (exact) mass is 471 g/mol. The number of alkyl halides is 3. The lowest BCUT2D eigenvalue weighted by molar-refractivity contribution is -0.190. The number of nitrogens with one attached hydrogen (secondary N) is 1. The molecule has 0 bridgehead atoms. The molecule has 1 aliphatic heterocycles. The van der Waals surface area contributed by atoms with Crippen molar-refractivity contribution in [2.75, 3.05) is 0 Å². The largest absolute Gasteiger partial charge is 0.425 e. The Balaban J connectivity index is 1.86. The minimum absolute atomic E-state index is 0.0153. The van der Waals surface area contributed by atoms with Crippen molar-refractivity contribution in [1.29, 1.82) is 0 Å². The van der Waals surface area contributed by atoms with E-state index in [2.05, 4.69) is 4.98 Å². The Hall–Kier alpha value is -3.49. The lowest BCUT2D eigenvalue weighted by Crippen LogP contribution is -2.66. The average Bonchev–Trinajstić information content (AvgIpc) is 2.97. The zero-order valence-electron chi connectivity index (χ0n) is 19.0. The van der Waals surface area contributed by atoms with Crippen molar-refractivity contribution in [3.05, 3.63) is 76.8 Å². The minimum atomic E-state index is -5.25. The number of carbonyl (C=O) groups excluding carboxylic acids is 3. The third-order valence-corrected chi connectivity index (χ3v) is 6.21. The molecule has 1 aliphatic carbocycles. The second-order valence-corrected chi connectivity index (χ2v) is 9.54. The number of rotatable bonds is 4. The fourth-order valence-corrected chi connectivity index (χ4v) is 4.59. The van der Waals surface area contributed by atoms with Crippen LogP contribution in [-0.4, -0.2) is 39.2 Å². The first-order valence-corrected chi connectivity index (χ1v) is 10.8. The third-order valence-electron chi connectivity index (χ3n) is 6.21. The van der Waals surface area contributed by atoms with Gasteiger partial charge in [0, 0.05) is 23.9 Å². The molecule has 0 spiro atoms. The summed E-state index contributed by atoms with van der Waals surface area (Å²) in [5.41, 5.74) is -3.69. The average molecular weight is 471 g/mol. The minimum Gasteiger partial charge on any atom is -0.326 e. The Morgan fingerprint density at radius 3 is 2.35 bits per heavy atom. The summed E-state index contributed by atoms with van der Waals surface area (Å²) in [5.74, 6) is -3.29. The predicted octanol–water partition coefficient (Wildman–Crippen LogP) is 4.11. The normalized spacial score (nSPS) is 22.1. The molecule has 0 saturated heterocycles. The van der Waals surface area contributed by atoms with E-state index < -0.39 is 40.3 Å². The molecule has 2 aromatic rings. The van der Waals surface area contributed by atoms with Crippen molar-refractivity contribution in [3.63, 3.8) is 0 Å². The van der Waals surface area contributed by atoms with Crippen LogP contribution < -0.4 is 5.32 Å². The summed E-state index contributed by atoms with van der Waals surface area (Å²) < 4.78 is 44.4. The van der Waals surface area contributed by atoms with Gasteiger partial charge in [-0.15, -0.1) is 0 Å². The van der Waals surface area contributed by atoms with Crippen LogP contribution in [0.4, 0.5) is 13.2 Å². The molecule has 1 N–H and O–H groups in total. The first kappa shape index (κ1) is 23.7. The Bertz CT molecular complexity index is 1190. The molecular formula is C25H24F3N3O3. The Morgan fingerprint density at radius 1 is 1.09 bits per heavy atom. The van der Waals surface area contributed by atoms with Gasteiger partial charge < -0.3 is 10.2 Å². The van der Waals surface area contributed by atoms with Gasteiger partial charge in [0.25, 0.3) is 11.8 Å². The maximum atomic E-state index is 14.8. The van der Waals surface area contributed by atoms with Gasteiger partial charge in [0.05, 0.1) is 17.8 Å². The molecule has 2 aliphatic rings. The standard InChI is InChI=1S/C25H24F3N3O3/c1-15-7-9-16(10-8-15)21(33)30-24(25(26,27)28)20-18(12-23(2,3)13-19(20)32)31(22(24)34)14-17-6-4-5-11-29-17/h4-11H,12-14H2,1-3H3,(H,30,33)/t24-/m1/s1. The zero-order chi connectivity index (χ0) is 24.9. The molecule has 2 heterocycles. The maximum absolute atomic E-state index is 14.8. The molecule has 0 unspecified atom stereocenters. The van der Waals surface area contributed by atoms with Crippen LogP contribution in [-0.2, 0) is 16.1 Å². The molecule has 1 aromatic heterocycles. The van der Waals surface area contributed by atoms with Crippen molar-refractivity contribution in [2.45, 2.75) is 51.9 Å². The summed E-state index contributed by atoms with van der Waals surface area (Å²) in [6.07, 6.45) is -3.88. The van der Waals surface area contributed by atoms with E-state index in [0.717, 1.165) is 10.5 Å². The zero-order valence-corrected chi connectivity index (χ0v) is 19.0. The first-order chi connectivity index (χ1) is 15.9. The van der Waals surface area contributed by atoms with Gasteiger partial charge in [0.1, 0.15) is 0 Å². The summed E-state index contributed by atoms with van der Waals surface area (Å²) in [6.45, 7) is 5.04. The summed E-state index contributed by atoms with van der Waals surface area (Å²) >= 11 is 0. The van der Waals surface area contributed by atoms with Gasteiger partial charge in [-0.25, -0.2) is 0 Å². The number of benzene rings is 1. The summed E-state index contributed by atoms with van der Waals surface area (Å²) in [6, 6.07) is 10.8. The number of allylic oxidation sites excluding steroid dienone is 1. The van der Waals surface area contributed by atoms with Gasteiger partial charge in [-0.2, -0.15) is 13.2 Å². The maximum Gasteiger partial charge on any atom is 0.425 e. The molecule has 178 valence electrons. The lowest BCUT2D eigenvalue weighted by atomic mass is 9.72. The number of pyridine rings is 1. The van der Waals surface area contributed by atoms with Crippen molar-refractivity contribution < 1.29 is 27.6 Å². The molecule has 6 nitrogen and oxygen atoms in total. The van der Waals surface area contributed by atoms with E-state index in [1.54, 1.807) is 51.1 Å². The van der Waals surface area contributed by atoms with Gasteiger partial charge in [-0.3, -0.25) is 19.4 Å². The highest BCUT2D eigenvalue weighted by Crippen LogP contribution is 2.52. The third kappa shape index (κ3) is 3.89. The van der Waals surface area contributed by atoms with E-state index in [-0.39, 0.29) is 30.6 Å². The highest BCUT2D eigenvalue weighted by Gasteiger charge is 2.71. The van der Waals surface area contributed by atoms with Crippen LogP contribution in [0, 0.1) is 12.3 Å². The van der Waals surface area contributed by atoms with Gasteiger partial charge in [-0.05, 0) is 43.0 Å². The van der Waals surface area contributed by atoms with Crippen LogP contribution in [0.3, 0.4) is 0 Å². The molecule has 0 radical (unpaired) electrons. The molecule has 9 heteroatoms. The van der Waals surface area contributed by atoms with E-state index in [1.165, 1.54) is 18.3 Å². The van der Waals surface area contributed by atoms with Crippen LogP contribution in [0.15, 0.2) is 59.9 Å². The number of ketones is 1. The van der Waals surface area contributed by atoms with E-state index in [4.69, 9.17) is 0 Å². The van der Waals surface area contributed by atoms with Crippen molar-refractivity contribution in [1.82, 2.24) is 15.2 Å². The SMILES string of the molecule is Cc1ccc(C(=O)N[C@@]2(C(F)(F)F)C(=O)N(Cc3ccccn3)C3=C2C(=O)CC(C)(C)C3)cc1. The van der Waals surface area contributed by atoms with Crippen LogP contribution in [0.2, 0.25) is 0 Å². The number of amides is 2. The van der Waals surface area contributed by atoms with E-state index >= 15 is 0 Å². The number of nitrogens with zero attached hydrogens (tertiary/aromatic N) is 2. The van der Waals surface area contributed by atoms with Crippen LogP contribution >= 0.6 is 0 Å². The Kier molecular flexibility index (Phi) is 5.62. The van der Waals surface area contributed by atoms with E-state index in [9.17, 15) is 27.6 Å². The van der Waals surface area contributed by atoms with Crippen molar-refractivity contribution >= 4 is 17.6 Å². The summed E-state index contributed by atoms with van der Waals surface area (Å²) in [5, 5.41) is 1.94. The Morgan fingerprint density at radius 2 is 1.76 bits per heavy atom. The van der Waals surface area contributed by atoms with Gasteiger partial charge in [0.2, 0.25) is 5.54 Å². The highest BCUT2D eigenvalue weighted by molar-refractivity contribution is 6.14. The second-order valence-electron chi connectivity index (χ2n) is 9.54. The molecule has 34 heavy (non-hydrogen) atoms. The van der Waals surface area contributed by atoms with Crippen molar-refractivity contribution in [3.8, 4) is 0 Å². The summed E-state index contributed by atoms with van der Waals surface area (Å²) in [7, 11) is 0. The number of aromatic nitrogens is 1. The number of Topliss-reactive ketones (excluding diaryl/α,β-unsaturated/α-hetero) is 1. The van der Waals surface area contributed by atoms with Crippen molar-refractivity contribution in [2.24, 2.45) is 5.41 Å². The van der Waals surface area contributed by atoms with E-state index in [0.29, 0.717) is 5.69 Å². The molecule has 1 atom stereocenters. The fourth-order valence-electron chi connectivity index (χ4n) is 4.59. The topological polar surface area (TPSA) is 79.4 Å². The molecule has 4 rings (SSSR count). The number of aryl methyl sites for hydroxylation is 1. The molecule has 0 fully saturated rings. The number of hydrogen-bond acceptors (Lipinski definition) is 4. The van der Waals surface area contributed by atoms with Crippen LogP contribution in [0.25, 0.3) is 0 Å². The predicted molar refractivity (Wildman–Crippen MR) is 117 cm³/mol. The molecular weight excluding hydrogens is 447 g/mol. The van der Waals surface area contributed by atoms with Gasteiger partial charge in [-0.1, -0.05) is 37.6 Å². The van der Waals surface area contributed by atoms with Crippen LogP contribution in [0.1, 0.15) is 48.3 Å². The number of halogens is 3. The first-order valence-electron chi connectivity index (χ1n) is 10.8. The van der Waals surface area contributed by atoms with Gasteiger partial charge in [0.15, 0.2) is 5.78 Å². The van der Waals surface area contributed by atoms with Gasteiger partial charge >= 0.3 is 6.18 Å². The molecule has 0 saturated carbocycles. The summed E-state index contributed by atoms with van der Waals surface area (Å²) in [4.78, 5) is 44.8. The molecule has 2 amide bonds. The number of hydrogen-bond donors (Lipinski definition) is 1. The van der Waals surface area contributed by atoms with Crippen LogP contribution in [0.5, 0.6) is 0 Å². The lowest BCUT2D eigenvalue weighted by Gasteiger charge is -2.35. The van der Waals surface area contributed by atoms with E-state index in [1.807, 2.05) is 5.32 Å². The fraction of sp³-hybridized carbons (Fsp3) is 0.360. The quantitative estimate of drug-likeness (QED) is 0.728. The number of carbonyl (C=O) groups is 3. The molecule has 1 aromatic carbocycles. The highest BCUT2D eigenvalue weighted by atomic mass is 19.4. The smallest absolute Gasteiger partial charge is 0.326 e. The Labute approximate surface area is 194 Å². The second kappa shape index (κ2) is 8.07.